The summed E-state index contributed by atoms with van der Waals surface area (Å²) >= 11 is 0. The first-order valence-electron chi connectivity index (χ1n) is 7.30. The monoisotopic (exact) mass is 340 g/mol. The Morgan fingerprint density at radius 1 is 1.00 bits per heavy atom. The van der Waals surface area contributed by atoms with Crippen molar-refractivity contribution < 1.29 is 24.4 Å². The Bertz CT molecular complexity index is 842. The fraction of sp³-hybridized carbons (Fsp3) is 0.118. The van der Waals surface area contributed by atoms with Gasteiger partial charge in [0, 0.05) is 12.1 Å². The molecule has 126 valence electrons. The average Bonchev–Trinajstić information content (AvgIpc) is 2.88. The number of hydrogen-bond acceptors (Lipinski definition) is 6. The first-order chi connectivity index (χ1) is 12.0. The highest BCUT2D eigenvalue weighted by atomic mass is 16.6. The number of benzene rings is 2. The Balaban J connectivity index is 1.92. The van der Waals surface area contributed by atoms with Crippen molar-refractivity contribution in [3.8, 4) is 0 Å². The maximum atomic E-state index is 12.4. The number of aliphatic hydroxyl groups is 1. The second kappa shape index (κ2) is 6.25. The molecule has 1 aliphatic rings. The zero-order valence-electron chi connectivity index (χ0n) is 12.7. The molecule has 0 spiro atoms. The van der Waals surface area contributed by atoms with Crippen molar-refractivity contribution in [3.05, 3.63) is 75.3 Å². The van der Waals surface area contributed by atoms with Gasteiger partial charge in [0.05, 0.1) is 16.1 Å². The number of nitro benzene ring substituents is 1. The summed E-state index contributed by atoms with van der Waals surface area (Å²) in [5.41, 5.74) is 0.323. The lowest BCUT2D eigenvalue weighted by Crippen LogP contribution is -2.44. The molecule has 1 aliphatic heterocycles. The molecular weight excluding hydrogens is 328 g/mol. The smallest absolute Gasteiger partial charge is 0.269 e. The van der Waals surface area contributed by atoms with Crippen LogP contribution in [0.3, 0.4) is 0 Å². The SMILES string of the molecule is O=CC(C(O)c1ccc([N+](=O)[O-])cc1)N1C(=O)c2ccccc2C1=O. The summed E-state index contributed by atoms with van der Waals surface area (Å²) in [5.74, 6) is -1.34. The minimum atomic E-state index is -1.50. The largest absolute Gasteiger partial charge is 0.386 e. The highest BCUT2D eigenvalue weighted by Gasteiger charge is 2.42. The van der Waals surface area contributed by atoms with Gasteiger partial charge in [-0.3, -0.25) is 24.6 Å². The fourth-order valence-electron chi connectivity index (χ4n) is 2.75. The summed E-state index contributed by atoms with van der Waals surface area (Å²) in [6.07, 6.45) is -1.19. The van der Waals surface area contributed by atoms with Crippen LogP contribution in [0.4, 0.5) is 5.69 Å². The van der Waals surface area contributed by atoms with Gasteiger partial charge in [0.1, 0.15) is 18.4 Å². The van der Waals surface area contributed by atoms with Crippen molar-refractivity contribution in [1.82, 2.24) is 4.90 Å². The molecule has 1 N–H and O–H groups in total. The number of imide groups is 1. The fourth-order valence-corrected chi connectivity index (χ4v) is 2.75. The van der Waals surface area contributed by atoms with Gasteiger partial charge in [0.2, 0.25) is 0 Å². The van der Waals surface area contributed by atoms with Crippen molar-refractivity contribution in [3.63, 3.8) is 0 Å². The van der Waals surface area contributed by atoms with E-state index in [1.54, 1.807) is 12.1 Å². The Morgan fingerprint density at radius 3 is 1.96 bits per heavy atom. The standard InChI is InChI=1S/C17H12N2O6/c20-9-14(15(21)10-5-7-11(8-6-10)19(24)25)18-16(22)12-3-1-2-4-13(12)17(18)23/h1-9,14-15,21H. The molecule has 2 unspecified atom stereocenters. The molecule has 0 radical (unpaired) electrons. The number of aliphatic hydroxyl groups excluding tert-OH is 1. The van der Waals surface area contributed by atoms with Crippen molar-refractivity contribution >= 4 is 23.8 Å². The summed E-state index contributed by atoms with van der Waals surface area (Å²) in [6, 6.07) is 9.58. The summed E-state index contributed by atoms with van der Waals surface area (Å²) in [5, 5.41) is 21.1. The van der Waals surface area contributed by atoms with E-state index in [0.717, 1.165) is 0 Å². The Hall–Kier alpha value is -3.39. The molecule has 2 aromatic carbocycles. The van der Waals surface area contributed by atoms with Crippen LogP contribution in [-0.4, -0.2) is 39.1 Å². The normalized spacial score (nSPS) is 15.6. The topological polar surface area (TPSA) is 118 Å². The van der Waals surface area contributed by atoms with Crippen LogP contribution in [0.2, 0.25) is 0 Å². The number of amides is 2. The molecule has 0 fully saturated rings. The van der Waals surface area contributed by atoms with Crippen LogP contribution in [0.25, 0.3) is 0 Å². The molecule has 0 saturated carbocycles. The Morgan fingerprint density at radius 2 is 1.52 bits per heavy atom. The van der Waals surface area contributed by atoms with Crippen LogP contribution in [0.1, 0.15) is 32.4 Å². The van der Waals surface area contributed by atoms with Gasteiger partial charge in [-0.1, -0.05) is 12.1 Å². The van der Waals surface area contributed by atoms with E-state index < -0.39 is 28.9 Å². The lowest BCUT2D eigenvalue weighted by atomic mass is 10.0. The van der Waals surface area contributed by atoms with Gasteiger partial charge in [0.25, 0.3) is 17.5 Å². The number of rotatable bonds is 5. The number of aldehydes is 1. The van der Waals surface area contributed by atoms with E-state index in [-0.39, 0.29) is 22.4 Å². The van der Waals surface area contributed by atoms with Gasteiger partial charge in [-0.25, -0.2) is 0 Å². The van der Waals surface area contributed by atoms with Crippen LogP contribution in [0.15, 0.2) is 48.5 Å². The average molecular weight is 340 g/mol. The zero-order valence-corrected chi connectivity index (χ0v) is 12.7. The molecule has 3 rings (SSSR count). The quantitative estimate of drug-likeness (QED) is 0.381. The van der Waals surface area contributed by atoms with Gasteiger partial charge < -0.3 is 9.90 Å². The van der Waals surface area contributed by atoms with Crippen molar-refractivity contribution in [2.45, 2.75) is 12.1 Å². The van der Waals surface area contributed by atoms with Gasteiger partial charge in [-0.2, -0.15) is 0 Å². The van der Waals surface area contributed by atoms with Gasteiger partial charge >= 0.3 is 0 Å². The number of carbonyl (C=O) groups excluding carboxylic acids is 3. The van der Waals surface area contributed by atoms with Crippen molar-refractivity contribution in [1.29, 1.82) is 0 Å². The van der Waals surface area contributed by atoms with E-state index >= 15 is 0 Å². The van der Waals surface area contributed by atoms with E-state index in [1.807, 2.05) is 0 Å². The number of nitrogens with zero attached hydrogens (tertiary/aromatic N) is 2. The number of nitro groups is 1. The lowest BCUT2D eigenvalue weighted by molar-refractivity contribution is -0.384. The summed E-state index contributed by atoms with van der Waals surface area (Å²) in [4.78, 5) is 47.2. The lowest BCUT2D eigenvalue weighted by Gasteiger charge is -2.26. The molecule has 2 aromatic rings. The predicted molar refractivity (Wildman–Crippen MR) is 84.9 cm³/mol. The maximum absolute atomic E-state index is 12.4. The second-order valence-corrected chi connectivity index (χ2v) is 5.45. The van der Waals surface area contributed by atoms with E-state index in [9.17, 15) is 29.6 Å². The highest BCUT2D eigenvalue weighted by Crippen LogP contribution is 2.29. The first-order valence-corrected chi connectivity index (χ1v) is 7.30. The maximum Gasteiger partial charge on any atom is 0.269 e. The van der Waals surface area contributed by atoms with Crippen LogP contribution in [0.5, 0.6) is 0 Å². The van der Waals surface area contributed by atoms with Gasteiger partial charge in [-0.15, -0.1) is 0 Å². The first kappa shape index (κ1) is 16.5. The molecule has 2 atom stereocenters. The molecule has 8 nitrogen and oxygen atoms in total. The molecule has 0 aromatic heterocycles. The highest BCUT2D eigenvalue weighted by molar-refractivity contribution is 6.22. The van der Waals surface area contributed by atoms with E-state index in [2.05, 4.69) is 0 Å². The molecule has 8 heteroatoms. The van der Waals surface area contributed by atoms with Gasteiger partial charge in [0.15, 0.2) is 0 Å². The Kier molecular flexibility index (Phi) is 4.12. The molecular formula is C17H12N2O6. The molecule has 0 bridgehead atoms. The number of non-ortho nitro benzene ring substituents is 1. The summed E-state index contributed by atoms with van der Waals surface area (Å²) in [6.45, 7) is 0. The molecule has 1 heterocycles. The molecule has 25 heavy (non-hydrogen) atoms. The molecule has 0 saturated heterocycles. The molecule has 0 aliphatic carbocycles. The number of carbonyl (C=O) groups is 3. The van der Waals surface area contributed by atoms with Gasteiger partial charge in [-0.05, 0) is 29.8 Å². The molecule has 2 amide bonds. The minimum absolute atomic E-state index is 0.162. The van der Waals surface area contributed by atoms with E-state index in [1.165, 1.54) is 36.4 Å². The van der Waals surface area contributed by atoms with Crippen LogP contribution in [-0.2, 0) is 4.79 Å². The van der Waals surface area contributed by atoms with Crippen LogP contribution in [0, 0.1) is 10.1 Å². The summed E-state index contributed by atoms with van der Waals surface area (Å²) < 4.78 is 0. The third-order valence-corrected chi connectivity index (χ3v) is 4.03. The van der Waals surface area contributed by atoms with E-state index in [4.69, 9.17) is 0 Å². The predicted octanol–water partition coefficient (Wildman–Crippen LogP) is 1.49. The Labute approximate surface area is 141 Å². The third-order valence-electron chi connectivity index (χ3n) is 4.03. The van der Waals surface area contributed by atoms with Crippen LogP contribution < -0.4 is 0 Å². The number of hydrogen-bond donors (Lipinski definition) is 1. The van der Waals surface area contributed by atoms with Crippen molar-refractivity contribution in [2.75, 3.05) is 0 Å². The second-order valence-electron chi connectivity index (χ2n) is 5.45. The summed E-state index contributed by atoms with van der Waals surface area (Å²) in [7, 11) is 0. The van der Waals surface area contributed by atoms with Crippen molar-refractivity contribution in [2.24, 2.45) is 0 Å². The zero-order chi connectivity index (χ0) is 18.1. The van der Waals surface area contributed by atoms with E-state index in [0.29, 0.717) is 11.2 Å². The number of fused-ring (bicyclic) bond motifs is 1. The minimum Gasteiger partial charge on any atom is -0.386 e. The van der Waals surface area contributed by atoms with Crippen LogP contribution >= 0.6 is 0 Å². The third kappa shape index (κ3) is 2.68.